The second kappa shape index (κ2) is 5.14. The smallest absolute Gasteiger partial charge is 0.197 e. The number of rotatable bonds is 3. The van der Waals surface area contributed by atoms with Gasteiger partial charge in [0.15, 0.2) is 5.78 Å². The van der Waals surface area contributed by atoms with E-state index in [-0.39, 0.29) is 11.1 Å². The molecule has 0 spiro atoms. The number of ketones is 1. The number of pyridine rings is 1. The molecule has 0 unspecified atom stereocenters. The fourth-order valence-electron chi connectivity index (χ4n) is 1.48. The molecule has 0 aliphatic rings. The molecule has 2 rings (SSSR count). The van der Waals surface area contributed by atoms with Crippen LogP contribution >= 0.6 is 11.6 Å². The molecule has 0 saturated heterocycles. The van der Waals surface area contributed by atoms with E-state index in [9.17, 15) is 9.18 Å². The van der Waals surface area contributed by atoms with Gasteiger partial charge in [0.25, 0.3) is 0 Å². The summed E-state index contributed by atoms with van der Waals surface area (Å²) in [4.78, 5) is 15.9. The Balaban J connectivity index is 2.44. The van der Waals surface area contributed by atoms with Crippen LogP contribution in [0, 0.1) is 5.82 Å². The molecule has 0 aliphatic carbocycles. The van der Waals surface area contributed by atoms with Crippen molar-refractivity contribution in [1.82, 2.24) is 4.98 Å². The lowest BCUT2D eigenvalue weighted by atomic mass is 10.0. The third kappa shape index (κ3) is 2.49. The zero-order valence-corrected chi connectivity index (χ0v) is 10.2. The van der Waals surface area contributed by atoms with E-state index in [0.717, 1.165) is 6.07 Å². The number of aromatic nitrogens is 1. The summed E-state index contributed by atoms with van der Waals surface area (Å²) in [5, 5.41) is 0.301. The first-order chi connectivity index (χ1) is 8.61. The lowest BCUT2D eigenvalue weighted by Crippen LogP contribution is -2.05. The van der Waals surface area contributed by atoms with Crippen LogP contribution in [0.25, 0.3) is 0 Å². The standard InChI is InChI=1S/C13H9ClFNO2/c1-18-10-4-8(6-16-7-10)13(17)11-5-9(14)2-3-12(11)15/h2-7H,1H3. The molecule has 0 aliphatic heterocycles. The highest BCUT2D eigenvalue weighted by Crippen LogP contribution is 2.20. The van der Waals surface area contributed by atoms with Crippen molar-refractivity contribution in [3.05, 3.63) is 58.6 Å². The largest absolute Gasteiger partial charge is 0.495 e. The first-order valence-electron chi connectivity index (χ1n) is 5.10. The monoisotopic (exact) mass is 265 g/mol. The predicted molar refractivity (Wildman–Crippen MR) is 65.6 cm³/mol. The number of carbonyl (C=O) groups excluding carboxylic acids is 1. The zero-order valence-electron chi connectivity index (χ0n) is 9.48. The maximum atomic E-state index is 13.6. The molecule has 0 radical (unpaired) electrons. The molecule has 0 amide bonds. The van der Waals surface area contributed by atoms with E-state index in [2.05, 4.69) is 4.98 Å². The maximum Gasteiger partial charge on any atom is 0.197 e. The van der Waals surface area contributed by atoms with Crippen LogP contribution in [0.1, 0.15) is 15.9 Å². The van der Waals surface area contributed by atoms with E-state index in [1.165, 1.54) is 37.7 Å². The quantitative estimate of drug-likeness (QED) is 0.801. The summed E-state index contributed by atoms with van der Waals surface area (Å²) >= 11 is 5.75. The minimum Gasteiger partial charge on any atom is -0.495 e. The first-order valence-corrected chi connectivity index (χ1v) is 5.48. The van der Waals surface area contributed by atoms with Crippen LogP contribution < -0.4 is 4.74 Å². The summed E-state index contributed by atoms with van der Waals surface area (Å²) in [6.45, 7) is 0. The average Bonchev–Trinajstić information content (AvgIpc) is 2.41. The summed E-state index contributed by atoms with van der Waals surface area (Å²) in [5.74, 6) is -0.670. The normalized spacial score (nSPS) is 10.2. The van der Waals surface area contributed by atoms with Gasteiger partial charge in [-0.15, -0.1) is 0 Å². The highest BCUT2D eigenvalue weighted by molar-refractivity contribution is 6.31. The van der Waals surface area contributed by atoms with Crippen LogP contribution in [0.3, 0.4) is 0 Å². The minimum atomic E-state index is -0.618. The molecule has 3 nitrogen and oxygen atoms in total. The van der Waals surface area contributed by atoms with Gasteiger partial charge < -0.3 is 4.74 Å². The van der Waals surface area contributed by atoms with Gasteiger partial charge in [-0.3, -0.25) is 9.78 Å². The SMILES string of the molecule is COc1cncc(C(=O)c2cc(Cl)ccc2F)c1. The fraction of sp³-hybridized carbons (Fsp3) is 0.0769. The number of nitrogens with zero attached hydrogens (tertiary/aromatic N) is 1. The van der Waals surface area contributed by atoms with Gasteiger partial charge in [0.1, 0.15) is 11.6 Å². The summed E-state index contributed by atoms with van der Waals surface area (Å²) in [5.41, 5.74) is 0.160. The number of methoxy groups -OCH3 is 1. The molecule has 0 saturated carbocycles. The second-order valence-corrected chi connectivity index (χ2v) is 4.00. The van der Waals surface area contributed by atoms with Crippen LogP contribution in [0.2, 0.25) is 5.02 Å². The molecule has 0 atom stereocenters. The van der Waals surface area contributed by atoms with Crippen LogP contribution in [-0.4, -0.2) is 17.9 Å². The van der Waals surface area contributed by atoms with Crippen LogP contribution in [-0.2, 0) is 0 Å². The molecule has 92 valence electrons. The van der Waals surface area contributed by atoms with E-state index in [1.807, 2.05) is 0 Å². The Hall–Kier alpha value is -1.94. The Bertz CT molecular complexity index is 601. The molecule has 5 heteroatoms. The molecule has 1 heterocycles. The summed E-state index contributed by atoms with van der Waals surface area (Å²) in [6, 6.07) is 5.33. The maximum absolute atomic E-state index is 13.6. The highest BCUT2D eigenvalue weighted by Gasteiger charge is 2.15. The van der Waals surface area contributed by atoms with Crippen molar-refractivity contribution in [3.8, 4) is 5.75 Å². The van der Waals surface area contributed by atoms with E-state index in [4.69, 9.17) is 16.3 Å². The van der Waals surface area contributed by atoms with Gasteiger partial charge >= 0.3 is 0 Å². The molecule has 18 heavy (non-hydrogen) atoms. The Kier molecular flexibility index (Phi) is 3.58. The molecule has 1 aromatic carbocycles. The van der Waals surface area contributed by atoms with Crippen molar-refractivity contribution in [3.63, 3.8) is 0 Å². The predicted octanol–water partition coefficient (Wildman–Crippen LogP) is 3.11. The topological polar surface area (TPSA) is 39.2 Å². The highest BCUT2D eigenvalue weighted by atomic mass is 35.5. The fourth-order valence-corrected chi connectivity index (χ4v) is 1.65. The number of halogens is 2. The second-order valence-electron chi connectivity index (χ2n) is 3.57. The number of hydrogen-bond donors (Lipinski definition) is 0. The van der Waals surface area contributed by atoms with Crippen molar-refractivity contribution in [1.29, 1.82) is 0 Å². The Morgan fingerprint density at radius 2 is 2.11 bits per heavy atom. The van der Waals surface area contributed by atoms with Gasteiger partial charge in [0.2, 0.25) is 0 Å². The van der Waals surface area contributed by atoms with Gasteiger partial charge in [0.05, 0.1) is 18.9 Å². The third-order valence-electron chi connectivity index (χ3n) is 2.38. The lowest BCUT2D eigenvalue weighted by Gasteiger charge is -2.05. The Morgan fingerprint density at radius 3 is 2.83 bits per heavy atom. The molecule has 0 bridgehead atoms. The van der Waals surface area contributed by atoms with E-state index in [1.54, 1.807) is 0 Å². The molecule has 2 aromatic rings. The molecule has 0 fully saturated rings. The molecule has 1 aromatic heterocycles. The molecule has 0 N–H and O–H groups in total. The number of hydrogen-bond acceptors (Lipinski definition) is 3. The van der Waals surface area contributed by atoms with Crippen molar-refractivity contribution < 1.29 is 13.9 Å². The van der Waals surface area contributed by atoms with Crippen LogP contribution in [0.4, 0.5) is 4.39 Å². The van der Waals surface area contributed by atoms with E-state index >= 15 is 0 Å². The van der Waals surface area contributed by atoms with Gasteiger partial charge in [-0.1, -0.05) is 11.6 Å². The number of ether oxygens (including phenoxy) is 1. The van der Waals surface area contributed by atoms with Crippen LogP contribution in [0.15, 0.2) is 36.7 Å². The van der Waals surface area contributed by atoms with Gasteiger partial charge in [-0.25, -0.2) is 4.39 Å². The van der Waals surface area contributed by atoms with Gasteiger partial charge in [-0.05, 0) is 24.3 Å². The Labute approximate surface area is 108 Å². The van der Waals surface area contributed by atoms with E-state index in [0.29, 0.717) is 10.8 Å². The van der Waals surface area contributed by atoms with Gasteiger partial charge in [0, 0.05) is 16.8 Å². The molecular weight excluding hydrogens is 257 g/mol. The van der Waals surface area contributed by atoms with E-state index < -0.39 is 11.6 Å². The van der Waals surface area contributed by atoms with Crippen molar-refractivity contribution in [2.75, 3.05) is 7.11 Å². The minimum absolute atomic E-state index is 0.0856. The van der Waals surface area contributed by atoms with Crippen molar-refractivity contribution in [2.24, 2.45) is 0 Å². The van der Waals surface area contributed by atoms with Crippen molar-refractivity contribution in [2.45, 2.75) is 0 Å². The summed E-state index contributed by atoms with van der Waals surface area (Å²) < 4.78 is 18.5. The van der Waals surface area contributed by atoms with Gasteiger partial charge in [-0.2, -0.15) is 0 Å². The lowest BCUT2D eigenvalue weighted by molar-refractivity contribution is 0.103. The zero-order chi connectivity index (χ0) is 13.1. The van der Waals surface area contributed by atoms with Crippen LogP contribution in [0.5, 0.6) is 5.75 Å². The van der Waals surface area contributed by atoms with Crippen molar-refractivity contribution >= 4 is 17.4 Å². The average molecular weight is 266 g/mol. The number of benzene rings is 1. The first kappa shape index (κ1) is 12.5. The summed E-state index contributed by atoms with van der Waals surface area (Å²) in [7, 11) is 1.46. The summed E-state index contributed by atoms with van der Waals surface area (Å²) in [6.07, 6.45) is 2.82. The third-order valence-corrected chi connectivity index (χ3v) is 2.62. The Morgan fingerprint density at radius 1 is 1.33 bits per heavy atom. The number of carbonyl (C=O) groups is 1. The molecular formula is C13H9ClFNO2.